The van der Waals surface area contributed by atoms with E-state index in [0.29, 0.717) is 18.4 Å². The highest BCUT2D eigenvalue weighted by Crippen LogP contribution is 2.38. The molecule has 0 spiro atoms. The van der Waals surface area contributed by atoms with E-state index in [0.717, 1.165) is 12.4 Å². The monoisotopic (exact) mass is 232 g/mol. The van der Waals surface area contributed by atoms with Gasteiger partial charge in [0.05, 0.1) is 0 Å². The number of hydrogen-bond acceptors (Lipinski definition) is 4. The molecule has 5 heteroatoms. The summed E-state index contributed by atoms with van der Waals surface area (Å²) in [7, 11) is 1.94. The van der Waals surface area contributed by atoms with Gasteiger partial charge in [0.15, 0.2) is 5.82 Å². The highest BCUT2D eigenvalue weighted by Gasteiger charge is 2.28. The van der Waals surface area contributed by atoms with Crippen LogP contribution in [0.25, 0.3) is 0 Å². The van der Waals surface area contributed by atoms with Crippen molar-refractivity contribution in [2.24, 2.45) is 0 Å². The van der Waals surface area contributed by atoms with E-state index in [4.69, 9.17) is 4.52 Å². The van der Waals surface area contributed by atoms with Gasteiger partial charge in [0, 0.05) is 24.9 Å². The summed E-state index contributed by atoms with van der Waals surface area (Å²) in [5.74, 6) is 2.12. The van der Waals surface area contributed by atoms with Crippen LogP contribution in [0.2, 0.25) is 0 Å². The third-order valence-electron chi connectivity index (χ3n) is 2.94. The first-order valence-corrected chi connectivity index (χ1v) is 5.97. The summed E-state index contributed by atoms with van der Waals surface area (Å²) in [5, 5.41) is 7.13. The number of rotatable bonds is 5. The number of aromatic nitrogens is 3. The zero-order chi connectivity index (χ0) is 11.7. The highest BCUT2D eigenvalue weighted by atomic mass is 16.5. The number of nitrogens with one attached hydrogen (secondary N) is 1. The summed E-state index contributed by atoms with van der Waals surface area (Å²) in [6.07, 6.45) is 6.54. The molecule has 1 aliphatic rings. The van der Waals surface area contributed by atoms with Crippen LogP contribution < -0.4 is 5.32 Å². The molecule has 17 heavy (non-hydrogen) atoms. The summed E-state index contributed by atoms with van der Waals surface area (Å²) >= 11 is 0. The quantitative estimate of drug-likeness (QED) is 0.849. The number of hydrogen-bond donors (Lipinski definition) is 1. The summed E-state index contributed by atoms with van der Waals surface area (Å²) in [5.41, 5.74) is 1.26. The summed E-state index contributed by atoms with van der Waals surface area (Å²) in [6, 6.07) is 2.09. The lowest BCUT2D eigenvalue weighted by Gasteiger charge is -1.96. The molecule has 2 aromatic heterocycles. The lowest BCUT2D eigenvalue weighted by molar-refractivity contribution is 0.366. The van der Waals surface area contributed by atoms with E-state index < -0.39 is 0 Å². The molecular weight excluding hydrogens is 216 g/mol. The van der Waals surface area contributed by atoms with Crippen molar-refractivity contribution >= 4 is 0 Å². The second-order valence-electron chi connectivity index (χ2n) is 4.54. The average Bonchev–Trinajstić information content (AvgIpc) is 2.92. The Balaban J connectivity index is 1.67. The first-order valence-electron chi connectivity index (χ1n) is 5.97. The van der Waals surface area contributed by atoms with E-state index in [-0.39, 0.29) is 0 Å². The molecule has 0 bridgehead atoms. The van der Waals surface area contributed by atoms with E-state index in [9.17, 15) is 0 Å². The van der Waals surface area contributed by atoms with Gasteiger partial charge in [-0.15, -0.1) is 0 Å². The molecule has 0 radical (unpaired) electrons. The van der Waals surface area contributed by atoms with Crippen LogP contribution in [-0.4, -0.2) is 21.8 Å². The van der Waals surface area contributed by atoms with Gasteiger partial charge in [-0.25, -0.2) is 0 Å². The molecule has 2 heterocycles. The zero-order valence-corrected chi connectivity index (χ0v) is 9.89. The van der Waals surface area contributed by atoms with Crippen LogP contribution in [0.5, 0.6) is 0 Å². The summed E-state index contributed by atoms with van der Waals surface area (Å²) in [4.78, 5) is 4.41. The minimum absolute atomic E-state index is 0.553. The van der Waals surface area contributed by atoms with Crippen LogP contribution in [0.4, 0.5) is 0 Å². The van der Waals surface area contributed by atoms with Crippen LogP contribution in [0.1, 0.15) is 36.0 Å². The molecule has 1 N–H and O–H groups in total. The Bertz CT molecular complexity index is 498. The number of nitrogens with zero attached hydrogens (tertiary/aromatic N) is 3. The molecule has 1 saturated carbocycles. The molecule has 0 aromatic carbocycles. The van der Waals surface area contributed by atoms with Gasteiger partial charge in [-0.1, -0.05) is 5.16 Å². The molecule has 3 rings (SSSR count). The van der Waals surface area contributed by atoms with Gasteiger partial charge in [0.2, 0.25) is 5.89 Å². The smallest absolute Gasteiger partial charge is 0.246 e. The predicted octanol–water partition coefficient (Wildman–Crippen LogP) is 1.52. The maximum Gasteiger partial charge on any atom is 0.246 e. The Morgan fingerprint density at radius 3 is 3.18 bits per heavy atom. The van der Waals surface area contributed by atoms with Gasteiger partial charge in [-0.3, -0.25) is 0 Å². The van der Waals surface area contributed by atoms with Gasteiger partial charge in [-0.2, -0.15) is 4.98 Å². The highest BCUT2D eigenvalue weighted by molar-refractivity contribution is 5.11. The van der Waals surface area contributed by atoms with Gasteiger partial charge in [0.25, 0.3) is 0 Å². The predicted molar refractivity (Wildman–Crippen MR) is 62.6 cm³/mol. The van der Waals surface area contributed by atoms with Crippen molar-refractivity contribution in [1.82, 2.24) is 20.0 Å². The average molecular weight is 232 g/mol. The van der Waals surface area contributed by atoms with E-state index in [1.165, 1.54) is 18.4 Å². The Morgan fingerprint density at radius 1 is 1.53 bits per heavy atom. The van der Waals surface area contributed by atoms with E-state index >= 15 is 0 Å². The van der Waals surface area contributed by atoms with Gasteiger partial charge in [0.1, 0.15) is 6.54 Å². The molecule has 1 aliphatic carbocycles. The molecule has 0 unspecified atom stereocenters. The molecule has 2 aromatic rings. The van der Waals surface area contributed by atoms with E-state index in [1.807, 2.05) is 13.2 Å². The molecule has 90 valence electrons. The van der Waals surface area contributed by atoms with Crippen LogP contribution in [-0.2, 0) is 13.1 Å². The maximum atomic E-state index is 5.24. The Hall–Kier alpha value is -1.62. The second kappa shape index (κ2) is 4.33. The van der Waals surface area contributed by atoms with Gasteiger partial charge >= 0.3 is 0 Å². The Labute approximate surface area is 99.8 Å². The molecule has 0 atom stereocenters. The minimum Gasteiger partial charge on any atom is -0.345 e. The van der Waals surface area contributed by atoms with E-state index in [2.05, 4.69) is 32.3 Å². The fraction of sp³-hybridized carbons (Fsp3) is 0.500. The molecule has 0 aliphatic heterocycles. The van der Waals surface area contributed by atoms with Gasteiger partial charge in [-0.05, 0) is 31.5 Å². The normalized spacial score (nSPS) is 15.4. The van der Waals surface area contributed by atoms with Crippen molar-refractivity contribution in [2.45, 2.75) is 31.8 Å². The molecule has 0 saturated heterocycles. The first kappa shape index (κ1) is 10.5. The van der Waals surface area contributed by atoms with Crippen molar-refractivity contribution in [3.63, 3.8) is 0 Å². The van der Waals surface area contributed by atoms with Crippen LogP contribution >= 0.6 is 0 Å². The van der Waals surface area contributed by atoms with Crippen molar-refractivity contribution in [2.75, 3.05) is 7.05 Å². The van der Waals surface area contributed by atoms with Crippen molar-refractivity contribution in [3.05, 3.63) is 35.7 Å². The lowest BCUT2D eigenvalue weighted by atomic mass is 10.3. The summed E-state index contributed by atoms with van der Waals surface area (Å²) in [6.45, 7) is 1.54. The largest absolute Gasteiger partial charge is 0.345 e. The minimum atomic E-state index is 0.553. The van der Waals surface area contributed by atoms with Crippen LogP contribution in [0.3, 0.4) is 0 Å². The topological polar surface area (TPSA) is 55.9 Å². The van der Waals surface area contributed by atoms with Crippen LogP contribution in [0.15, 0.2) is 23.0 Å². The second-order valence-corrected chi connectivity index (χ2v) is 4.54. The zero-order valence-electron chi connectivity index (χ0n) is 9.89. The fourth-order valence-corrected chi connectivity index (χ4v) is 1.89. The Morgan fingerprint density at radius 2 is 2.41 bits per heavy atom. The van der Waals surface area contributed by atoms with Crippen molar-refractivity contribution in [3.8, 4) is 0 Å². The van der Waals surface area contributed by atoms with Crippen molar-refractivity contribution in [1.29, 1.82) is 0 Å². The third kappa shape index (κ3) is 2.39. The maximum absolute atomic E-state index is 5.24. The van der Waals surface area contributed by atoms with E-state index in [1.54, 1.807) is 0 Å². The van der Waals surface area contributed by atoms with Crippen LogP contribution in [0, 0.1) is 0 Å². The molecule has 5 nitrogen and oxygen atoms in total. The fourth-order valence-electron chi connectivity index (χ4n) is 1.89. The molecule has 1 fully saturated rings. The standard InChI is InChI=1S/C12H16N4O/c1-13-6-9-4-5-16(7-9)8-11-14-12(15-17-11)10-2-3-10/h4-5,7,10,13H,2-3,6,8H2,1H3. The lowest BCUT2D eigenvalue weighted by Crippen LogP contribution is -2.04. The molecular formula is C12H16N4O. The Kier molecular flexibility index (Phi) is 2.68. The van der Waals surface area contributed by atoms with Gasteiger partial charge < -0.3 is 14.4 Å². The first-order chi connectivity index (χ1) is 8.35. The SMILES string of the molecule is CNCc1ccn(Cc2nc(C3CC3)no2)c1. The molecule has 0 amide bonds. The summed E-state index contributed by atoms with van der Waals surface area (Å²) < 4.78 is 7.31. The van der Waals surface area contributed by atoms with Crippen molar-refractivity contribution < 1.29 is 4.52 Å². The third-order valence-corrected chi connectivity index (χ3v) is 2.94.